The summed E-state index contributed by atoms with van der Waals surface area (Å²) in [6, 6.07) is 7.97. The van der Waals surface area contributed by atoms with E-state index in [-0.39, 0.29) is 24.3 Å². The molecule has 1 N–H and O–H groups in total. The topological polar surface area (TPSA) is 61.9 Å². The van der Waals surface area contributed by atoms with Gasteiger partial charge in [-0.25, -0.2) is 0 Å². The maximum atomic E-state index is 12.2. The van der Waals surface area contributed by atoms with Crippen molar-refractivity contribution in [3.63, 3.8) is 0 Å². The molecule has 0 unspecified atom stereocenters. The van der Waals surface area contributed by atoms with E-state index in [1.807, 2.05) is 29.2 Å². The van der Waals surface area contributed by atoms with Crippen molar-refractivity contribution in [1.82, 2.24) is 10.2 Å². The fraction of sp³-hybridized carbons (Fsp3) is 0.556. The average molecular weight is 331 g/mol. The van der Waals surface area contributed by atoms with E-state index in [9.17, 15) is 9.59 Å². The first-order chi connectivity index (χ1) is 11.7. The third kappa shape index (κ3) is 3.80. The Bertz CT molecular complexity index is 576. The summed E-state index contributed by atoms with van der Waals surface area (Å²) in [4.78, 5) is 28.1. The van der Waals surface area contributed by atoms with Gasteiger partial charge in [0.25, 0.3) is 0 Å². The van der Waals surface area contributed by atoms with Gasteiger partial charge in [-0.15, -0.1) is 0 Å². The first-order valence-electron chi connectivity index (χ1n) is 8.62. The average Bonchev–Trinajstić information content (AvgIpc) is 2.58. The molecule has 3 rings (SSSR count). The van der Waals surface area contributed by atoms with Gasteiger partial charge in [0, 0.05) is 37.8 Å². The van der Waals surface area contributed by atoms with Crippen molar-refractivity contribution in [2.75, 3.05) is 44.7 Å². The third-order valence-electron chi connectivity index (χ3n) is 4.96. The fourth-order valence-corrected chi connectivity index (χ4v) is 3.10. The minimum Gasteiger partial charge on any atom is -0.497 e. The number of nitrogens with zero attached hydrogens (tertiary/aromatic N) is 2. The Labute approximate surface area is 142 Å². The number of carbonyl (C=O) groups excluding carboxylic acids is 2. The highest BCUT2D eigenvalue weighted by Gasteiger charge is 2.26. The lowest BCUT2D eigenvalue weighted by Gasteiger charge is -2.36. The van der Waals surface area contributed by atoms with Gasteiger partial charge in [0.1, 0.15) is 5.75 Å². The van der Waals surface area contributed by atoms with Crippen LogP contribution in [0.25, 0.3) is 0 Å². The van der Waals surface area contributed by atoms with E-state index < -0.39 is 0 Å². The zero-order chi connectivity index (χ0) is 16.9. The number of benzene rings is 1. The SMILES string of the molecule is COc1ccc(N2CCN(C(=O)CNC(=O)C3CCC3)CC2)cc1. The smallest absolute Gasteiger partial charge is 0.242 e. The van der Waals surface area contributed by atoms with Crippen LogP contribution in [-0.4, -0.2) is 56.5 Å². The molecule has 2 amide bonds. The lowest BCUT2D eigenvalue weighted by atomic mass is 9.85. The maximum Gasteiger partial charge on any atom is 0.242 e. The van der Waals surface area contributed by atoms with Crippen LogP contribution in [0, 0.1) is 5.92 Å². The van der Waals surface area contributed by atoms with Gasteiger partial charge < -0.3 is 19.9 Å². The second-order valence-corrected chi connectivity index (χ2v) is 6.41. The molecule has 1 saturated carbocycles. The van der Waals surface area contributed by atoms with Crippen molar-refractivity contribution in [2.24, 2.45) is 5.92 Å². The molecule has 1 aliphatic carbocycles. The van der Waals surface area contributed by atoms with E-state index in [2.05, 4.69) is 10.2 Å². The van der Waals surface area contributed by atoms with E-state index in [1.165, 1.54) is 0 Å². The van der Waals surface area contributed by atoms with Gasteiger partial charge >= 0.3 is 0 Å². The van der Waals surface area contributed by atoms with E-state index in [0.29, 0.717) is 13.1 Å². The fourth-order valence-electron chi connectivity index (χ4n) is 3.10. The van der Waals surface area contributed by atoms with E-state index in [4.69, 9.17) is 4.74 Å². The first-order valence-corrected chi connectivity index (χ1v) is 8.62. The minimum atomic E-state index is 0.0112. The van der Waals surface area contributed by atoms with Gasteiger partial charge in [0.05, 0.1) is 13.7 Å². The van der Waals surface area contributed by atoms with Crippen molar-refractivity contribution in [2.45, 2.75) is 19.3 Å². The van der Waals surface area contributed by atoms with Crippen molar-refractivity contribution < 1.29 is 14.3 Å². The van der Waals surface area contributed by atoms with Crippen LogP contribution in [0.5, 0.6) is 5.75 Å². The highest BCUT2D eigenvalue weighted by Crippen LogP contribution is 2.26. The largest absolute Gasteiger partial charge is 0.497 e. The lowest BCUT2D eigenvalue weighted by molar-refractivity contribution is -0.135. The number of carbonyl (C=O) groups is 2. The second kappa shape index (κ2) is 7.55. The molecule has 130 valence electrons. The van der Waals surface area contributed by atoms with Crippen molar-refractivity contribution in [3.05, 3.63) is 24.3 Å². The standard InChI is InChI=1S/C18H25N3O3/c1-24-16-7-5-15(6-8-16)20-9-11-21(12-10-20)17(22)13-19-18(23)14-3-2-4-14/h5-8,14H,2-4,9-13H2,1H3,(H,19,23). The van der Waals surface area contributed by atoms with Gasteiger partial charge in [0.15, 0.2) is 0 Å². The quantitative estimate of drug-likeness (QED) is 0.882. The molecular weight excluding hydrogens is 306 g/mol. The molecule has 24 heavy (non-hydrogen) atoms. The van der Waals surface area contributed by atoms with Gasteiger partial charge in [-0.05, 0) is 37.1 Å². The van der Waals surface area contributed by atoms with Gasteiger partial charge in [-0.2, -0.15) is 0 Å². The van der Waals surface area contributed by atoms with Crippen molar-refractivity contribution >= 4 is 17.5 Å². The molecule has 0 radical (unpaired) electrons. The van der Waals surface area contributed by atoms with Crippen LogP contribution in [0.2, 0.25) is 0 Å². The summed E-state index contributed by atoms with van der Waals surface area (Å²) >= 11 is 0. The maximum absolute atomic E-state index is 12.2. The molecule has 6 nitrogen and oxygen atoms in total. The summed E-state index contributed by atoms with van der Waals surface area (Å²) in [5.74, 6) is 1.02. The summed E-state index contributed by atoms with van der Waals surface area (Å²) < 4.78 is 5.17. The number of hydrogen-bond donors (Lipinski definition) is 1. The molecule has 0 atom stereocenters. The Kier molecular flexibility index (Phi) is 5.23. The number of ether oxygens (including phenoxy) is 1. The van der Waals surface area contributed by atoms with Gasteiger partial charge in [-0.3, -0.25) is 9.59 Å². The predicted octanol–water partition coefficient (Wildman–Crippen LogP) is 1.26. The number of nitrogens with one attached hydrogen (secondary N) is 1. The van der Waals surface area contributed by atoms with Crippen LogP contribution in [0.15, 0.2) is 24.3 Å². The monoisotopic (exact) mass is 331 g/mol. The van der Waals surface area contributed by atoms with Crippen LogP contribution in [-0.2, 0) is 9.59 Å². The van der Waals surface area contributed by atoms with Crippen LogP contribution < -0.4 is 15.0 Å². The third-order valence-corrected chi connectivity index (χ3v) is 4.96. The van der Waals surface area contributed by atoms with Crippen LogP contribution in [0.1, 0.15) is 19.3 Å². The molecule has 2 fully saturated rings. The molecule has 1 heterocycles. The molecule has 1 aromatic carbocycles. The lowest BCUT2D eigenvalue weighted by Crippen LogP contribution is -2.51. The number of hydrogen-bond acceptors (Lipinski definition) is 4. The van der Waals surface area contributed by atoms with Gasteiger partial charge in [0.2, 0.25) is 11.8 Å². The summed E-state index contributed by atoms with van der Waals surface area (Å²) in [5, 5.41) is 2.78. The molecule has 0 aromatic heterocycles. The molecule has 6 heteroatoms. The van der Waals surface area contributed by atoms with E-state index in [0.717, 1.165) is 43.8 Å². The highest BCUT2D eigenvalue weighted by molar-refractivity contribution is 5.86. The van der Waals surface area contributed by atoms with E-state index >= 15 is 0 Å². The summed E-state index contributed by atoms with van der Waals surface area (Å²) in [5.41, 5.74) is 1.14. The van der Waals surface area contributed by atoms with Crippen LogP contribution >= 0.6 is 0 Å². The Balaban J connectivity index is 1.43. The van der Waals surface area contributed by atoms with Crippen molar-refractivity contribution in [1.29, 1.82) is 0 Å². The molecule has 0 spiro atoms. The Hall–Kier alpha value is -2.24. The number of rotatable bonds is 5. The zero-order valence-electron chi connectivity index (χ0n) is 14.2. The normalized spacial score (nSPS) is 18.0. The molecule has 0 bridgehead atoms. The molecular formula is C18H25N3O3. The minimum absolute atomic E-state index is 0.0112. The summed E-state index contributed by atoms with van der Waals surface area (Å²) in [7, 11) is 1.66. The van der Waals surface area contributed by atoms with Crippen LogP contribution in [0.3, 0.4) is 0 Å². The molecule has 2 aliphatic rings. The molecule has 1 aromatic rings. The Morgan fingerprint density at radius 2 is 1.79 bits per heavy atom. The number of piperazine rings is 1. The first kappa shape index (κ1) is 16.6. The second-order valence-electron chi connectivity index (χ2n) is 6.41. The Morgan fingerprint density at radius 3 is 2.33 bits per heavy atom. The van der Waals surface area contributed by atoms with Crippen LogP contribution in [0.4, 0.5) is 5.69 Å². The Morgan fingerprint density at radius 1 is 1.12 bits per heavy atom. The van der Waals surface area contributed by atoms with Crippen molar-refractivity contribution in [3.8, 4) is 5.75 Å². The van der Waals surface area contributed by atoms with Gasteiger partial charge in [-0.1, -0.05) is 6.42 Å². The zero-order valence-corrected chi connectivity index (χ0v) is 14.2. The highest BCUT2D eigenvalue weighted by atomic mass is 16.5. The summed E-state index contributed by atoms with van der Waals surface area (Å²) in [6.45, 7) is 3.09. The summed E-state index contributed by atoms with van der Waals surface area (Å²) in [6.07, 6.45) is 3.04. The number of amides is 2. The van der Waals surface area contributed by atoms with E-state index in [1.54, 1.807) is 7.11 Å². The molecule has 1 saturated heterocycles. The molecule has 1 aliphatic heterocycles. The predicted molar refractivity (Wildman–Crippen MR) is 92.1 cm³/mol. The number of methoxy groups -OCH3 is 1. The number of anilines is 1.